The average molecular weight is 535 g/mol. The molecule has 172 valence electrons. The highest BCUT2D eigenvalue weighted by Gasteiger charge is 2.23. The smallest absolute Gasteiger partial charge is 0.159 e. The zero-order valence-corrected chi connectivity index (χ0v) is 21.1. The number of nitrogens with zero attached hydrogens (tertiary/aromatic N) is 7. The van der Waals surface area contributed by atoms with E-state index in [1.807, 2.05) is 35.3 Å². The van der Waals surface area contributed by atoms with Crippen molar-refractivity contribution in [3.05, 3.63) is 69.5 Å². The first-order valence-corrected chi connectivity index (χ1v) is 12.8. The lowest BCUT2D eigenvalue weighted by molar-refractivity contribution is 0.247. The molecule has 34 heavy (non-hydrogen) atoms. The molecule has 10 heteroatoms. The van der Waals surface area contributed by atoms with Crippen LogP contribution in [0.4, 0.5) is 5.69 Å². The van der Waals surface area contributed by atoms with Gasteiger partial charge in [0.05, 0.1) is 26.5 Å². The van der Waals surface area contributed by atoms with Crippen LogP contribution < -0.4 is 4.90 Å². The number of halogens is 1. The number of imidazole rings is 1. The Bertz CT molecular complexity index is 1420. The predicted molar refractivity (Wildman–Crippen MR) is 138 cm³/mol. The van der Waals surface area contributed by atoms with Crippen molar-refractivity contribution in [2.24, 2.45) is 0 Å². The molecule has 4 aromatic heterocycles. The van der Waals surface area contributed by atoms with Crippen molar-refractivity contribution in [1.29, 1.82) is 0 Å². The normalized spacial score (nSPS) is 14.8. The molecule has 8 nitrogen and oxygen atoms in total. The van der Waals surface area contributed by atoms with Crippen LogP contribution in [0.5, 0.6) is 0 Å². The van der Waals surface area contributed by atoms with Crippen molar-refractivity contribution in [2.75, 3.05) is 31.1 Å². The number of hydrogen-bond acceptors (Lipinski definition) is 7. The van der Waals surface area contributed by atoms with Gasteiger partial charge in [-0.1, -0.05) is 0 Å². The van der Waals surface area contributed by atoms with Gasteiger partial charge in [0.1, 0.15) is 11.3 Å². The molecule has 0 atom stereocenters. The molecule has 0 saturated carbocycles. The number of aryl methyl sites for hydroxylation is 1. The minimum Gasteiger partial charge on any atom is -0.366 e. The SMILES string of the molecule is Cc1nc(CN2CCN(c3c(Br)cnc4[nH]c(-c5ccc(-n6cccn6)cc5)nc34)CC2)cs1. The summed E-state index contributed by atoms with van der Waals surface area (Å²) in [5.74, 6) is 0.811. The van der Waals surface area contributed by atoms with Gasteiger partial charge in [-0.3, -0.25) is 4.90 Å². The van der Waals surface area contributed by atoms with Crippen molar-refractivity contribution < 1.29 is 0 Å². The number of hydrogen-bond donors (Lipinski definition) is 1. The van der Waals surface area contributed by atoms with Crippen LogP contribution in [-0.4, -0.2) is 60.8 Å². The summed E-state index contributed by atoms with van der Waals surface area (Å²) in [5, 5.41) is 7.58. The third-order valence-electron chi connectivity index (χ3n) is 6.09. The highest BCUT2D eigenvalue weighted by Crippen LogP contribution is 2.34. The van der Waals surface area contributed by atoms with Crippen LogP contribution in [0.15, 0.2) is 58.8 Å². The zero-order chi connectivity index (χ0) is 23.1. The molecule has 1 fully saturated rings. The van der Waals surface area contributed by atoms with Crippen LogP contribution >= 0.6 is 27.3 Å². The number of aromatic amines is 1. The van der Waals surface area contributed by atoms with E-state index in [9.17, 15) is 0 Å². The van der Waals surface area contributed by atoms with E-state index in [0.717, 1.165) is 76.1 Å². The Labute approximate surface area is 209 Å². The molecule has 0 radical (unpaired) electrons. The van der Waals surface area contributed by atoms with E-state index in [1.165, 1.54) is 5.69 Å². The quantitative estimate of drug-likeness (QED) is 0.353. The fourth-order valence-corrected chi connectivity index (χ4v) is 5.53. The molecule has 1 N–H and O–H groups in total. The standard InChI is InChI=1S/C24H23BrN8S/c1-16-28-18(15-34-16)14-31-9-11-32(12-10-31)22-20(25)13-26-24-21(22)29-23(30-24)17-3-5-19(6-4-17)33-8-2-7-27-33/h2-8,13,15H,9-12,14H2,1H3,(H,26,29,30). The Morgan fingerprint density at radius 1 is 1.09 bits per heavy atom. The first kappa shape index (κ1) is 21.5. The monoisotopic (exact) mass is 534 g/mol. The first-order valence-electron chi connectivity index (χ1n) is 11.2. The second kappa shape index (κ2) is 8.94. The van der Waals surface area contributed by atoms with Gasteiger partial charge in [-0.15, -0.1) is 11.3 Å². The number of H-pyrrole nitrogens is 1. The molecular weight excluding hydrogens is 512 g/mol. The number of thiazole rings is 1. The molecule has 6 rings (SSSR count). The number of aromatic nitrogens is 6. The van der Waals surface area contributed by atoms with Gasteiger partial charge in [0.2, 0.25) is 0 Å². The van der Waals surface area contributed by atoms with Gasteiger partial charge in [-0.25, -0.2) is 19.6 Å². The van der Waals surface area contributed by atoms with E-state index in [2.05, 4.69) is 70.2 Å². The number of piperazine rings is 1. The number of benzene rings is 1. The molecular formula is C24H23BrN8S. The maximum absolute atomic E-state index is 4.97. The van der Waals surface area contributed by atoms with Gasteiger partial charge in [0, 0.05) is 62.3 Å². The van der Waals surface area contributed by atoms with Gasteiger partial charge in [0.15, 0.2) is 5.65 Å². The highest BCUT2D eigenvalue weighted by molar-refractivity contribution is 9.10. The maximum atomic E-state index is 4.97. The van der Waals surface area contributed by atoms with Crippen LogP contribution in [0.1, 0.15) is 10.7 Å². The lowest BCUT2D eigenvalue weighted by atomic mass is 10.2. The molecule has 1 aromatic carbocycles. The molecule has 0 unspecified atom stereocenters. The zero-order valence-electron chi connectivity index (χ0n) is 18.6. The molecule has 0 aliphatic carbocycles. The van der Waals surface area contributed by atoms with E-state index in [1.54, 1.807) is 17.5 Å². The van der Waals surface area contributed by atoms with Crippen LogP contribution in [0.2, 0.25) is 0 Å². The first-order chi connectivity index (χ1) is 16.6. The van der Waals surface area contributed by atoms with Crippen molar-refractivity contribution in [1.82, 2.24) is 34.6 Å². The molecule has 0 spiro atoms. The molecule has 5 heterocycles. The van der Waals surface area contributed by atoms with Crippen LogP contribution in [0.3, 0.4) is 0 Å². The van der Waals surface area contributed by atoms with E-state index >= 15 is 0 Å². The number of nitrogens with one attached hydrogen (secondary N) is 1. The van der Waals surface area contributed by atoms with Gasteiger partial charge in [0.25, 0.3) is 0 Å². The molecule has 0 bridgehead atoms. The van der Waals surface area contributed by atoms with Crippen molar-refractivity contribution in [2.45, 2.75) is 13.5 Å². The summed E-state index contributed by atoms with van der Waals surface area (Å²) < 4.78 is 2.81. The Kier molecular flexibility index (Phi) is 5.64. The fraction of sp³-hybridized carbons (Fsp3) is 0.250. The lowest BCUT2D eigenvalue weighted by Gasteiger charge is -2.36. The summed E-state index contributed by atoms with van der Waals surface area (Å²) >= 11 is 5.45. The predicted octanol–water partition coefficient (Wildman–Crippen LogP) is 4.66. The minimum absolute atomic E-state index is 0.796. The van der Waals surface area contributed by atoms with Crippen LogP contribution in [-0.2, 0) is 6.54 Å². The van der Waals surface area contributed by atoms with Crippen LogP contribution in [0.25, 0.3) is 28.2 Å². The molecule has 1 aliphatic rings. The summed E-state index contributed by atoms with van der Waals surface area (Å²) in [6.07, 6.45) is 5.57. The number of rotatable bonds is 5. The van der Waals surface area contributed by atoms with Crippen molar-refractivity contribution in [3.8, 4) is 17.1 Å². The summed E-state index contributed by atoms with van der Waals surface area (Å²) in [6.45, 7) is 6.80. The van der Waals surface area contributed by atoms with E-state index < -0.39 is 0 Å². The maximum Gasteiger partial charge on any atom is 0.159 e. The van der Waals surface area contributed by atoms with Crippen molar-refractivity contribution in [3.63, 3.8) is 0 Å². The Hall–Kier alpha value is -3.08. The summed E-state index contributed by atoms with van der Waals surface area (Å²) in [6, 6.07) is 10.1. The summed E-state index contributed by atoms with van der Waals surface area (Å²) in [7, 11) is 0. The largest absolute Gasteiger partial charge is 0.366 e. The number of fused-ring (bicyclic) bond motifs is 1. The van der Waals surface area contributed by atoms with E-state index in [4.69, 9.17) is 4.98 Å². The van der Waals surface area contributed by atoms with Gasteiger partial charge < -0.3 is 9.88 Å². The Morgan fingerprint density at radius 3 is 2.62 bits per heavy atom. The van der Waals surface area contributed by atoms with Crippen LogP contribution in [0, 0.1) is 6.92 Å². The highest BCUT2D eigenvalue weighted by atomic mass is 79.9. The van der Waals surface area contributed by atoms with E-state index in [-0.39, 0.29) is 0 Å². The topological polar surface area (TPSA) is 78.8 Å². The fourth-order valence-electron chi connectivity index (χ4n) is 4.39. The average Bonchev–Trinajstić information content (AvgIpc) is 3.61. The molecule has 1 saturated heterocycles. The number of anilines is 1. The van der Waals surface area contributed by atoms with Crippen molar-refractivity contribution >= 4 is 44.1 Å². The summed E-state index contributed by atoms with van der Waals surface area (Å²) in [4.78, 5) is 22.5. The second-order valence-electron chi connectivity index (χ2n) is 8.36. The molecule has 1 aliphatic heterocycles. The lowest BCUT2D eigenvalue weighted by Crippen LogP contribution is -2.46. The minimum atomic E-state index is 0.796. The Morgan fingerprint density at radius 2 is 1.91 bits per heavy atom. The Balaban J connectivity index is 1.24. The third-order valence-corrected chi connectivity index (χ3v) is 7.50. The molecule has 0 amide bonds. The number of pyridine rings is 1. The second-order valence-corrected chi connectivity index (χ2v) is 10.3. The van der Waals surface area contributed by atoms with Gasteiger partial charge >= 0.3 is 0 Å². The third kappa shape index (κ3) is 4.13. The van der Waals surface area contributed by atoms with Gasteiger partial charge in [-0.05, 0) is 53.2 Å². The summed E-state index contributed by atoms with van der Waals surface area (Å²) in [5.41, 5.74) is 5.98. The molecule has 5 aromatic rings. The van der Waals surface area contributed by atoms with E-state index in [0.29, 0.717) is 0 Å². The van der Waals surface area contributed by atoms with Gasteiger partial charge in [-0.2, -0.15) is 5.10 Å².